The van der Waals surface area contributed by atoms with E-state index in [1.807, 2.05) is 60.7 Å². The first kappa shape index (κ1) is 15.3. The van der Waals surface area contributed by atoms with Crippen molar-refractivity contribution < 1.29 is 4.74 Å². The summed E-state index contributed by atoms with van der Waals surface area (Å²) in [7, 11) is 0. The van der Waals surface area contributed by atoms with Crippen molar-refractivity contribution in [1.29, 1.82) is 0 Å². The van der Waals surface area contributed by atoms with Crippen LogP contribution < -0.4 is 4.74 Å². The average molecular weight is 322 g/mol. The lowest BCUT2D eigenvalue weighted by Crippen LogP contribution is -1.97. The van der Waals surface area contributed by atoms with Crippen molar-refractivity contribution >= 4 is 23.8 Å². The lowest BCUT2D eigenvalue weighted by atomic mass is 10.1. The van der Waals surface area contributed by atoms with Crippen molar-refractivity contribution in [1.82, 2.24) is 4.98 Å². The summed E-state index contributed by atoms with van der Waals surface area (Å²) in [6.07, 6.45) is 5.85. The fourth-order valence-electron chi connectivity index (χ4n) is 2.17. The maximum atomic E-state index is 5.88. The number of hydrogen-bond donors (Lipinski definition) is 0. The highest BCUT2D eigenvalue weighted by Crippen LogP contribution is 2.19. The van der Waals surface area contributed by atoms with Crippen molar-refractivity contribution in [2.24, 2.45) is 0 Å². The van der Waals surface area contributed by atoms with E-state index in [-0.39, 0.29) is 0 Å². The smallest absolute Gasteiger partial charge is 0.119 e. The van der Waals surface area contributed by atoms with Gasteiger partial charge in [0.15, 0.2) is 0 Å². The maximum Gasteiger partial charge on any atom is 0.119 e. The lowest BCUT2D eigenvalue weighted by Gasteiger charge is -2.09. The van der Waals surface area contributed by atoms with E-state index in [1.54, 1.807) is 6.20 Å². The average Bonchev–Trinajstić information content (AvgIpc) is 2.61. The Balaban J connectivity index is 1.73. The zero-order valence-corrected chi connectivity index (χ0v) is 13.3. The fourth-order valence-corrected chi connectivity index (χ4v) is 2.30. The predicted octanol–water partition coefficient (Wildman–Crippen LogP) is 5.48. The van der Waals surface area contributed by atoms with Gasteiger partial charge in [-0.2, -0.15) is 0 Å². The molecule has 2 nitrogen and oxygen atoms in total. The number of pyridine rings is 1. The molecule has 0 aliphatic rings. The van der Waals surface area contributed by atoms with E-state index in [4.69, 9.17) is 16.3 Å². The zero-order valence-electron chi connectivity index (χ0n) is 12.5. The SMILES string of the molecule is Clc1ccc(OCc2ccccc2C=Cc2ccccn2)cc1. The van der Waals surface area contributed by atoms with Crippen LogP contribution in [0.25, 0.3) is 12.2 Å². The van der Waals surface area contributed by atoms with Gasteiger partial charge >= 0.3 is 0 Å². The number of ether oxygens (including phenoxy) is 1. The quantitative estimate of drug-likeness (QED) is 0.620. The van der Waals surface area contributed by atoms with E-state index < -0.39 is 0 Å². The Morgan fingerprint density at radius 1 is 0.870 bits per heavy atom. The summed E-state index contributed by atoms with van der Waals surface area (Å²) in [5.41, 5.74) is 3.17. The minimum atomic E-state index is 0.504. The third-order valence-electron chi connectivity index (χ3n) is 3.38. The van der Waals surface area contributed by atoms with Crippen LogP contribution in [0.1, 0.15) is 16.8 Å². The normalized spacial score (nSPS) is 10.8. The Hall–Kier alpha value is -2.58. The molecule has 0 unspecified atom stereocenters. The Labute approximate surface area is 141 Å². The second kappa shape index (κ2) is 7.61. The topological polar surface area (TPSA) is 22.1 Å². The molecule has 1 heterocycles. The summed E-state index contributed by atoms with van der Waals surface area (Å²) in [5, 5.41) is 0.705. The monoisotopic (exact) mass is 321 g/mol. The fraction of sp³-hybridized carbons (Fsp3) is 0.0500. The Bertz CT molecular complexity index is 782. The van der Waals surface area contributed by atoms with E-state index in [0.29, 0.717) is 11.6 Å². The molecule has 0 radical (unpaired) electrons. The molecule has 1 aromatic heterocycles. The minimum absolute atomic E-state index is 0.504. The highest BCUT2D eigenvalue weighted by Gasteiger charge is 2.01. The van der Waals surface area contributed by atoms with Crippen LogP contribution in [0, 0.1) is 0 Å². The molecule has 0 fully saturated rings. The van der Waals surface area contributed by atoms with Crippen LogP contribution in [0.2, 0.25) is 5.02 Å². The second-order valence-corrected chi connectivity index (χ2v) is 5.47. The first-order valence-electron chi connectivity index (χ1n) is 7.37. The summed E-state index contributed by atoms with van der Waals surface area (Å²) in [5.74, 6) is 0.804. The molecule has 0 bridgehead atoms. The van der Waals surface area contributed by atoms with Crippen LogP contribution >= 0.6 is 11.6 Å². The number of halogens is 1. The van der Waals surface area contributed by atoms with Crippen molar-refractivity contribution in [3.63, 3.8) is 0 Å². The molecule has 0 atom stereocenters. The summed E-state index contributed by atoms with van der Waals surface area (Å²) < 4.78 is 5.83. The van der Waals surface area contributed by atoms with E-state index in [9.17, 15) is 0 Å². The number of benzene rings is 2. The van der Waals surface area contributed by atoms with Crippen LogP contribution in [0.15, 0.2) is 72.9 Å². The number of rotatable bonds is 5. The highest BCUT2D eigenvalue weighted by molar-refractivity contribution is 6.30. The molecule has 0 aliphatic heterocycles. The molecule has 3 heteroatoms. The zero-order chi connectivity index (χ0) is 15.9. The van der Waals surface area contributed by atoms with Gasteiger partial charge in [-0.3, -0.25) is 4.98 Å². The molecule has 3 aromatic rings. The van der Waals surface area contributed by atoms with Gasteiger partial charge in [-0.25, -0.2) is 0 Å². The first-order chi connectivity index (χ1) is 11.3. The van der Waals surface area contributed by atoms with Crippen molar-refractivity contribution in [3.8, 4) is 5.75 Å². The molecule has 0 saturated heterocycles. The number of nitrogens with zero attached hydrogens (tertiary/aromatic N) is 1. The highest BCUT2D eigenvalue weighted by atomic mass is 35.5. The number of hydrogen-bond acceptors (Lipinski definition) is 2. The second-order valence-electron chi connectivity index (χ2n) is 5.03. The van der Waals surface area contributed by atoms with Crippen LogP contribution in [0.5, 0.6) is 5.75 Å². The Kier molecular flexibility index (Phi) is 5.07. The molecule has 0 aliphatic carbocycles. The van der Waals surface area contributed by atoms with Gasteiger partial charge in [0.25, 0.3) is 0 Å². The molecule has 0 spiro atoms. The van der Waals surface area contributed by atoms with Gasteiger partial charge < -0.3 is 4.74 Å². The van der Waals surface area contributed by atoms with E-state index in [2.05, 4.69) is 23.2 Å². The van der Waals surface area contributed by atoms with Gasteiger partial charge in [-0.15, -0.1) is 0 Å². The van der Waals surface area contributed by atoms with Gasteiger partial charge in [-0.05, 0) is 53.6 Å². The van der Waals surface area contributed by atoms with Gasteiger partial charge in [0.05, 0.1) is 5.69 Å². The third kappa shape index (κ3) is 4.44. The van der Waals surface area contributed by atoms with Crippen molar-refractivity contribution in [2.45, 2.75) is 6.61 Å². The van der Waals surface area contributed by atoms with Crippen LogP contribution in [0.4, 0.5) is 0 Å². The molecule has 3 rings (SSSR count). The Morgan fingerprint density at radius 2 is 1.65 bits per heavy atom. The van der Waals surface area contributed by atoms with E-state index >= 15 is 0 Å². The summed E-state index contributed by atoms with van der Waals surface area (Å²) in [4.78, 5) is 4.29. The van der Waals surface area contributed by atoms with Crippen molar-refractivity contribution in [2.75, 3.05) is 0 Å². The Morgan fingerprint density at radius 3 is 2.43 bits per heavy atom. The predicted molar refractivity (Wildman–Crippen MR) is 95.4 cm³/mol. The molecule has 2 aromatic carbocycles. The van der Waals surface area contributed by atoms with Gasteiger partial charge in [0, 0.05) is 11.2 Å². The summed E-state index contributed by atoms with van der Waals surface area (Å²) >= 11 is 5.88. The largest absolute Gasteiger partial charge is 0.489 e. The van der Waals surface area contributed by atoms with E-state index in [0.717, 1.165) is 22.6 Å². The molecule has 0 saturated carbocycles. The van der Waals surface area contributed by atoms with Gasteiger partial charge in [0.1, 0.15) is 12.4 Å². The molecule has 0 N–H and O–H groups in total. The van der Waals surface area contributed by atoms with E-state index in [1.165, 1.54) is 0 Å². The van der Waals surface area contributed by atoms with Crippen LogP contribution in [0.3, 0.4) is 0 Å². The van der Waals surface area contributed by atoms with Crippen molar-refractivity contribution in [3.05, 3.63) is 94.8 Å². The minimum Gasteiger partial charge on any atom is -0.489 e. The lowest BCUT2D eigenvalue weighted by molar-refractivity contribution is 0.306. The number of aromatic nitrogens is 1. The molecule has 114 valence electrons. The molecule has 0 amide bonds. The first-order valence-corrected chi connectivity index (χ1v) is 7.74. The molecular weight excluding hydrogens is 306 g/mol. The molecular formula is C20H16ClNO. The van der Waals surface area contributed by atoms with Gasteiger partial charge in [0.2, 0.25) is 0 Å². The van der Waals surface area contributed by atoms with Gasteiger partial charge in [-0.1, -0.05) is 48.0 Å². The maximum absolute atomic E-state index is 5.88. The standard InChI is InChI=1S/C20H16ClNO/c21-18-9-12-20(13-10-18)23-15-17-6-2-1-5-16(17)8-11-19-7-3-4-14-22-19/h1-14H,15H2. The molecule has 23 heavy (non-hydrogen) atoms. The van der Waals surface area contributed by atoms with Crippen LogP contribution in [-0.4, -0.2) is 4.98 Å². The van der Waals surface area contributed by atoms with Crippen LogP contribution in [-0.2, 0) is 6.61 Å². The summed E-state index contributed by atoms with van der Waals surface area (Å²) in [6, 6.07) is 21.4. The third-order valence-corrected chi connectivity index (χ3v) is 3.64. The summed E-state index contributed by atoms with van der Waals surface area (Å²) in [6.45, 7) is 0.504.